The van der Waals surface area contributed by atoms with E-state index in [1.807, 2.05) is 6.07 Å². The van der Waals surface area contributed by atoms with Crippen molar-refractivity contribution in [2.75, 3.05) is 7.11 Å². The first-order valence-electron chi connectivity index (χ1n) is 7.54. The van der Waals surface area contributed by atoms with Gasteiger partial charge in [-0.25, -0.2) is 4.79 Å². The van der Waals surface area contributed by atoms with Gasteiger partial charge in [0.2, 0.25) is 0 Å². The van der Waals surface area contributed by atoms with E-state index in [2.05, 4.69) is 15.9 Å². The molecule has 0 radical (unpaired) electrons. The van der Waals surface area contributed by atoms with E-state index >= 15 is 0 Å². The molecule has 6 nitrogen and oxygen atoms in total. The van der Waals surface area contributed by atoms with Crippen molar-refractivity contribution in [3.8, 4) is 5.75 Å². The predicted molar refractivity (Wildman–Crippen MR) is 85.7 cm³/mol. The van der Waals surface area contributed by atoms with E-state index in [0.717, 1.165) is 40.0 Å². The molecule has 7 heteroatoms. The number of hydrogen-bond donors (Lipinski definition) is 0. The molecular weight excluding hydrogens is 364 g/mol. The summed E-state index contributed by atoms with van der Waals surface area (Å²) < 4.78 is 6.08. The normalized spacial score (nSPS) is 19.1. The van der Waals surface area contributed by atoms with Gasteiger partial charge in [-0.05, 0) is 31.0 Å². The van der Waals surface area contributed by atoms with Gasteiger partial charge in [-0.2, -0.15) is 0 Å². The summed E-state index contributed by atoms with van der Waals surface area (Å²) in [7, 11) is 1.52. The van der Waals surface area contributed by atoms with E-state index in [9.17, 15) is 14.4 Å². The molecule has 0 bridgehead atoms. The molecule has 23 heavy (non-hydrogen) atoms. The van der Waals surface area contributed by atoms with Crippen LogP contribution in [-0.4, -0.2) is 40.8 Å². The Morgan fingerprint density at radius 1 is 1.17 bits per heavy atom. The van der Waals surface area contributed by atoms with Gasteiger partial charge in [0.25, 0.3) is 0 Å². The average Bonchev–Trinajstić information content (AvgIpc) is 3.11. The van der Waals surface area contributed by atoms with Crippen LogP contribution in [0.2, 0.25) is 0 Å². The van der Waals surface area contributed by atoms with Gasteiger partial charge in [0.15, 0.2) is 0 Å². The minimum absolute atomic E-state index is 0.0231. The summed E-state index contributed by atoms with van der Waals surface area (Å²) in [6.07, 6.45) is 3.52. The molecule has 1 aliphatic carbocycles. The molecule has 4 amide bonds. The molecule has 1 aliphatic heterocycles. The van der Waals surface area contributed by atoms with Crippen molar-refractivity contribution in [2.45, 2.75) is 38.3 Å². The van der Waals surface area contributed by atoms with Gasteiger partial charge in [0.1, 0.15) is 5.75 Å². The van der Waals surface area contributed by atoms with Crippen LogP contribution in [0.1, 0.15) is 31.2 Å². The highest BCUT2D eigenvalue weighted by Gasteiger charge is 2.48. The molecule has 1 aromatic carbocycles. The van der Waals surface area contributed by atoms with Gasteiger partial charge in [-0.1, -0.05) is 28.8 Å². The number of halogens is 1. The maximum Gasteiger partial charge on any atom is 0.334 e. The Hall–Kier alpha value is -1.89. The van der Waals surface area contributed by atoms with Gasteiger partial charge in [0, 0.05) is 16.1 Å². The van der Waals surface area contributed by atoms with Crippen LogP contribution >= 0.6 is 15.9 Å². The van der Waals surface area contributed by atoms with E-state index in [4.69, 9.17) is 4.74 Å². The van der Waals surface area contributed by atoms with Crippen molar-refractivity contribution < 1.29 is 19.1 Å². The highest BCUT2D eigenvalue weighted by molar-refractivity contribution is 9.10. The number of rotatable bonds is 4. The van der Waals surface area contributed by atoms with Crippen molar-refractivity contribution in [1.29, 1.82) is 0 Å². The second kappa shape index (κ2) is 6.31. The molecule has 122 valence electrons. The van der Waals surface area contributed by atoms with Crippen molar-refractivity contribution >= 4 is 33.8 Å². The maximum atomic E-state index is 12.6. The summed E-state index contributed by atoms with van der Waals surface area (Å²) in [6.45, 7) is 0.0231. The molecule has 0 aromatic heterocycles. The molecule has 0 atom stereocenters. The lowest BCUT2D eigenvalue weighted by Gasteiger charge is -2.21. The number of ether oxygens (including phenoxy) is 1. The van der Waals surface area contributed by atoms with Gasteiger partial charge in [-0.15, -0.1) is 0 Å². The molecule has 0 N–H and O–H groups in total. The Bertz CT molecular complexity index is 670. The summed E-state index contributed by atoms with van der Waals surface area (Å²) in [4.78, 5) is 39.1. The SMILES string of the molecule is COc1ccc(Br)cc1CN1C(=O)C(=O)N(C2CCCC2)C1=O. The third kappa shape index (κ3) is 2.85. The van der Waals surface area contributed by atoms with Gasteiger partial charge in [-0.3, -0.25) is 19.4 Å². The second-order valence-corrected chi connectivity index (χ2v) is 6.66. The molecule has 1 aromatic rings. The number of imide groups is 2. The minimum atomic E-state index is -0.760. The largest absolute Gasteiger partial charge is 0.496 e. The number of urea groups is 1. The Kier molecular flexibility index (Phi) is 4.39. The van der Waals surface area contributed by atoms with E-state index in [1.54, 1.807) is 12.1 Å². The predicted octanol–water partition coefficient (Wildman–Crippen LogP) is 2.69. The molecule has 1 heterocycles. The Balaban J connectivity index is 1.86. The lowest BCUT2D eigenvalue weighted by atomic mass is 10.2. The molecule has 1 saturated carbocycles. The monoisotopic (exact) mass is 380 g/mol. The molecule has 0 spiro atoms. The van der Waals surface area contributed by atoms with Crippen LogP contribution in [0.5, 0.6) is 5.75 Å². The number of carbonyl (C=O) groups excluding carboxylic acids is 3. The van der Waals surface area contributed by atoms with E-state index in [-0.39, 0.29) is 12.6 Å². The highest BCUT2D eigenvalue weighted by atomic mass is 79.9. The fourth-order valence-electron chi connectivity index (χ4n) is 3.19. The number of benzene rings is 1. The Morgan fingerprint density at radius 2 is 1.87 bits per heavy atom. The zero-order chi connectivity index (χ0) is 16.6. The highest BCUT2D eigenvalue weighted by Crippen LogP contribution is 2.30. The van der Waals surface area contributed by atoms with Crippen molar-refractivity contribution in [1.82, 2.24) is 9.80 Å². The van der Waals surface area contributed by atoms with Crippen LogP contribution in [0.25, 0.3) is 0 Å². The number of carbonyl (C=O) groups is 3. The van der Waals surface area contributed by atoms with E-state index in [0.29, 0.717) is 11.3 Å². The van der Waals surface area contributed by atoms with Gasteiger partial charge >= 0.3 is 17.8 Å². The Labute approximate surface area is 142 Å². The number of hydrogen-bond acceptors (Lipinski definition) is 4. The fraction of sp³-hybridized carbons (Fsp3) is 0.438. The van der Waals surface area contributed by atoms with E-state index in [1.165, 1.54) is 7.11 Å². The van der Waals surface area contributed by atoms with Crippen molar-refractivity contribution in [2.24, 2.45) is 0 Å². The van der Waals surface area contributed by atoms with Gasteiger partial charge < -0.3 is 4.74 Å². The number of amides is 4. The molecule has 2 aliphatic rings. The molecule has 1 saturated heterocycles. The maximum absolute atomic E-state index is 12.6. The minimum Gasteiger partial charge on any atom is -0.496 e. The lowest BCUT2D eigenvalue weighted by Crippen LogP contribution is -2.39. The summed E-state index contributed by atoms with van der Waals surface area (Å²) in [5.74, 6) is -0.902. The molecule has 3 rings (SSSR count). The first kappa shape index (κ1) is 16.0. The third-order valence-electron chi connectivity index (χ3n) is 4.34. The van der Waals surface area contributed by atoms with Crippen LogP contribution < -0.4 is 4.74 Å². The quantitative estimate of drug-likeness (QED) is 0.594. The van der Waals surface area contributed by atoms with Crippen molar-refractivity contribution in [3.05, 3.63) is 28.2 Å². The Morgan fingerprint density at radius 3 is 2.52 bits per heavy atom. The summed E-state index contributed by atoms with van der Waals surface area (Å²) in [5, 5.41) is 0. The van der Waals surface area contributed by atoms with Crippen LogP contribution in [0.4, 0.5) is 4.79 Å². The first-order chi connectivity index (χ1) is 11.0. The van der Waals surface area contributed by atoms with Crippen molar-refractivity contribution in [3.63, 3.8) is 0 Å². The third-order valence-corrected chi connectivity index (χ3v) is 4.84. The van der Waals surface area contributed by atoms with Gasteiger partial charge in [0.05, 0.1) is 13.7 Å². The van der Waals surface area contributed by atoms with Crippen LogP contribution in [0.15, 0.2) is 22.7 Å². The smallest absolute Gasteiger partial charge is 0.334 e. The topological polar surface area (TPSA) is 66.9 Å². The van der Waals surface area contributed by atoms with Crippen LogP contribution in [-0.2, 0) is 16.1 Å². The zero-order valence-electron chi connectivity index (χ0n) is 12.8. The number of methoxy groups -OCH3 is 1. The zero-order valence-corrected chi connectivity index (χ0v) is 14.3. The van der Waals surface area contributed by atoms with E-state index < -0.39 is 17.8 Å². The molecule has 2 fully saturated rings. The fourth-order valence-corrected chi connectivity index (χ4v) is 3.60. The average molecular weight is 381 g/mol. The van der Waals surface area contributed by atoms with Crippen LogP contribution in [0, 0.1) is 0 Å². The first-order valence-corrected chi connectivity index (χ1v) is 8.33. The summed E-state index contributed by atoms with van der Waals surface area (Å²) >= 11 is 3.36. The standard InChI is InChI=1S/C16H17BrN2O4/c1-23-13-7-6-11(17)8-10(13)9-18-14(20)15(21)19(16(18)22)12-4-2-3-5-12/h6-8,12H,2-5,9H2,1H3. The summed E-state index contributed by atoms with van der Waals surface area (Å²) in [6, 6.07) is 4.68. The van der Waals surface area contributed by atoms with Crippen LogP contribution in [0.3, 0.4) is 0 Å². The number of nitrogens with zero attached hydrogens (tertiary/aromatic N) is 2. The lowest BCUT2D eigenvalue weighted by molar-refractivity contribution is -0.144. The summed E-state index contributed by atoms with van der Waals surface area (Å²) in [5.41, 5.74) is 0.671. The molecule has 0 unspecified atom stereocenters. The molecular formula is C16H17BrN2O4. The second-order valence-electron chi connectivity index (χ2n) is 5.74.